The van der Waals surface area contributed by atoms with Gasteiger partial charge in [0.1, 0.15) is 0 Å². The van der Waals surface area contributed by atoms with E-state index >= 15 is 0 Å². The molecule has 1 aliphatic heterocycles. The lowest BCUT2D eigenvalue weighted by molar-refractivity contribution is -0.121. The summed E-state index contributed by atoms with van der Waals surface area (Å²) < 4.78 is 0. The number of amides is 1. The Kier molecular flexibility index (Phi) is 3.22. The minimum absolute atomic E-state index is 0.103. The molecule has 96 valence electrons. The van der Waals surface area contributed by atoms with Gasteiger partial charge in [-0.25, -0.2) is 0 Å². The highest BCUT2D eigenvalue weighted by Crippen LogP contribution is 2.31. The quantitative estimate of drug-likeness (QED) is 0.809. The highest BCUT2D eigenvalue weighted by atomic mass is 16.2. The summed E-state index contributed by atoms with van der Waals surface area (Å²) in [5.74, 6) is 0.212. The molecule has 1 aromatic carbocycles. The third-order valence-corrected chi connectivity index (χ3v) is 3.40. The molecule has 1 aromatic rings. The van der Waals surface area contributed by atoms with Crippen molar-refractivity contribution in [3.05, 3.63) is 29.3 Å². The lowest BCUT2D eigenvalue weighted by Crippen LogP contribution is -2.26. The monoisotopic (exact) mass is 246 g/mol. The van der Waals surface area contributed by atoms with Crippen LogP contribution in [0.15, 0.2) is 18.2 Å². The molecule has 1 aliphatic rings. The van der Waals surface area contributed by atoms with E-state index in [1.54, 1.807) is 18.9 Å². The van der Waals surface area contributed by atoms with Crippen LogP contribution in [0, 0.1) is 0 Å². The molecule has 0 radical (unpaired) electrons. The number of nitrogens with zero attached hydrogens (tertiary/aromatic N) is 2. The number of fused-ring (bicyclic) bond motifs is 1. The van der Waals surface area contributed by atoms with Crippen molar-refractivity contribution in [3.63, 3.8) is 0 Å². The number of hydrogen-bond donors (Lipinski definition) is 0. The molecule has 0 N–H and O–H groups in total. The first-order chi connectivity index (χ1) is 8.41. The Morgan fingerprint density at radius 1 is 1.39 bits per heavy atom. The van der Waals surface area contributed by atoms with Gasteiger partial charge in [0.2, 0.25) is 5.91 Å². The van der Waals surface area contributed by atoms with Gasteiger partial charge in [-0.2, -0.15) is 0 Å². The second-order valence-corrected chi connectivity index (χ2v) is 4.99. The van der Waals surface area contributed by atoms with Crippen LogP contribution in [0.5, 0.6) is 0 Å². The van der Waals surface area contributed by atoms with Gasteiger partial charge in [0.15, 0.2) is 5.78 Å². The van der Waals surface area contributed by atoms with Gasteiger partial charge in [0, 0.05) is 12.7 Å². The van der Waals surface area contributed by atoms with Crippen LogP contribution in [0.1, 0.15) is 24.1 Å². The average Bonchev–Trinajstić information content (AvgIpc) is 2.53. The van der Waals surface area contributed by atoms with Gasteiger partial charge in [-0.05, 0) is 38.2 Å². The summed E-state index contributed by atoms with van der Waals surface area (Å²) in [7, 11) is 5.55. The van der Waals surface area contributed by atoms with Crippen molar-refractivity contribution < 1.29 is 9.59 Å². The number of carbonyl (C=O) groups excluding carboxylic acids is 2. The van der Waals surface area contributed by atoms with Crippen molar-refractivity contribution in [2.24, 2.45) is 0 Å². The van der Waals surface area contributed by atoms with Crippen molar-refractivity contribution >= 4 is 17.4 Å². The van der Waals surface area contributed by atoms with Gasteiger partial charge in [-0.3, -0.25) is 14.5 Å². The molecule has 0 fully saturated rings. The fraction of sp³-hybridized carbons (Fsp3) is 0.429. The van der Waals surface area contributed by atoms with E-state index < -0.39 is 0 Å². The number of carbonyl (C=O) groups is 2. The molecule has 0 spiro atoms. The summed E-state index contributed by atoms with van der Waals surface area (Å²) in [5, 5.41) is 0. The Morgan fingerprint density at radius 2 is 2.06 bits per heavy atom. The highest BCUT2D eigenvalue weighted by Gasteiger charge is 2.26. The van der Waals surface area contributed by atoms with E-state index in [4.69, 9.17) is 0 Å². The third-order valence-electron chi connectivity index (χ3n) is 3.40. The maximum absolute atomic E-state index is 11.7. The zero-order valence-corrected chi connectivity index (χ0v) is 11.2. The minimum atomic E-state index is -0.240. The van der Waals surface area contributed by atoms with Gasteiger partial charge in [0.25, 0.3) is 0 Å². The zero-order valence-electron chi connectivity index (χ0n) is 11.2. The third kappa shape index (κ3) is 2.04. The number of ketones is 1. The van der Waals surface area contributed by atoms with Gasteiger partial charge in [-0.15, -0.1) is 0 Å². The summed E-state index contributed by atoms with van der Waals surface area (Å²) in [6.45, 7) is 1.59. The number of Topliss-reactive ketones (excluding diaryl/α,β-unsaturated/α-hetero) is 1. The van der Waals surface area contributed by atoms with Crippen LogP contribution >= 0.6 is 0 Å². The normalized spacial score (nSPS) is 16.1. The fourth-order valence-electron chi connectivity index (χ4n) is 2.56. The SMILES string of the molecule is CC(=O)C(c1ccc2c(c1)CC(=O)N2C)N(C)C. The van der Waals surface area contributed by atoms with E-state index in [1.165, 1.54) is 0 Å². The summed E-state index contributed by atoms with van der Waals surface area (Å²) in [6, 6.07) is 5.59. The van der Waals surface area contributed by atoms with E-state index in [9.17, 15) is 9.59 Å². The molecule has 4 heteroatoms. The van der Waals surface area contributed by atoms with Crippen LogP contribution in [0.2, 0.25) is 0 Å². The Hall–Kier alpha value is -1.68. The molecule has 0 aromatic heterocycles. The van der Waals surface area contributed by atoms with Gasteiger partial charge < -0.3 is 4.90 Å². The van der Waals surface area contributed by atoms with Crippen LogP contribution in [-0.2, 0) is 16.0 Å². The highest BCUT2D eigenvalue weighted by molar-refractivity contribution is 6.01. The molecule has 1 atom stereocenters. The van der Waals surface area contributed by atoms with Crippen LogP contribution in [-0.4, -0.2) is 37.7 Å². The predicted molar refractivity (Wildman–Crippen MR) is 70.7 cm³/mol. The van der Waals surface area contributed by atoms with Crippen molar-refractivity contribution in [2.45, 2.75) is 19.4 Å². The first kappa shape index (κ1) is 12.8. The molecule has 1 amide bonds. The number of rotatable bonds is 3. The number of likely N-dealkylation sites (N-methyl/N-ethyl adjacent to an activating group) is 2. The van der Waals surface area contributed by atoms with E-state index in [0.29, 0.717) is 6.42 Å². The zero-order chi connectivity index (χ0) is 13.4. The average molecular weight is 246 g/mol. The number of anilines is 1. The summed E-state index contributed by atoms with van der Waals surface area (Å²) in [4.78, 5) is 26.9. The van der Waals surface area contributed by atoms with Gasteiger partial charge in [0.05, 0.1) is 12.5 Å². The molecule has 0 bridgehead atoms. The molecule has 2 rings (SSSR count). The molecule has 4 nitrogen and oxygen atoms in total. The molecule has 1 unspecified atom stereocenters. The second kappa shape index (κ2) is 4.53. The Labute approximate surface area is 107 Å². The molecular formula is C14H18N2O2. The Morgan fingerprint density at radius 3 is 2.61 bits per heavy atom. The smallest absolute Gasteiger partial charge is 0.231 e. The van der Waals surface area contributed by atoms with Crippen molar-refractivity contribution in [2.75, 3.05) is 26.0 Å². The Bertz CT molecular complexity index is 509. The van der Waals surface area contributed by atoms with E-state index in [0.717, 1.165) is 16.8 Å². The number of hydrogen-bond acceptors (Lipinski definition) is 3. The molecule has 0 saturated carbocycles. The Balaban J connectivity index is 2.41. The van der Waals surface area contributed by atoms with Gasteiger partial charge >= 0.3 is 0 Å². The topological polar surface area (TPSA) is 40.6 Å². The van der Waals surface area contributed by atoms with E-state index in [2.05, 4.69) is 0 Å². The van der Waals surface area contributed by atoms with Gasteiger partial charge in [-0.1, -0.05) is 12.1 Å². The van der Waals surface area contributed by atoms with E-state index in [1.807, 2.05) is 37.2 Å². The second-order valence-electron chi connectivity index (χ2n) is 4.99. The lowest BCUT2D eigenvalue weighted by atomic mass is 9.99. The van der Waals surface area contributed by atoms with Crippen LogP contribution < -0.4 is 4.90 Å². The maximum Gasteiger partial charge on any atom is 0.231 e. The van der Waals surface area contributed by atoms with Crippen LogP contribution in [0.3, 0.4) is 0 Å². The standard InChI is InChI=1S/C14H18N2O2/c1-9(17)14(15(2)3)10-5-6-12-11(7-10)8-13(18)16(12)4/h5-7,14H,8H2,1-4H3. The van der Waals surface area contributed by atoms with Crippen LogP contribution in [0.4, 0.5) is 5.69 Å². The first-order valence-electron chi connectivity index (χ1n) is 5.98. The summed E-state index contributed by atoms with van der Waals surface area (Å²) in [6.07, 6.45) is 0.428. The van der Waals surface area contributed by atoms with Crippen molar-refractivity contribution in [1.29, 1.82) is 0 Å². The first-order valence-corrected chi connectivity index (χ1v) is 5.98. The predicted octanol–water partition coefficient (Wildman–Crippen LogP) is 1.40. The lowest BCUT2D eigenvalue weighted by Gasteiger charge is -2.22. The molecular weight excluding hydrogens is 228 g/mol. The molecule has 0 saturated heterocycles. The van der Waals surface area contributed by atoms with E-state index in [-0.39, 0.29) is 17.7 Å². The van der Waals surface area contributed by atoms with Crippen molar-refractivity contribution in [1.82, 2.24) is 4.90 Å². The summed E-state index contributed by atoms with van der Waals surface area (Å²) >= 11 is 0. The fourth-order valence-corrected chi connectivity index (χ4v) is 2.56. The van der Waals surface area contributed by atoms with Crippen molar-refractivity contribution in [3.8, 4) is 0 Å². The molecule has 18 heavy (non-hydrogen) atoms. The summed E-state index contributed by atoms with van der Waals surface area (Å²) in [5.41, 5.74) is 2.91. The minimum Gasteiger partial charge on any atom is -0.315 e. The number of benzene rings is 1. The molecule has 0 aliphatic carbocycles. The molecule has 1 heterocycles. The van der Waals surface area contributed by atoms with Crippen LogP contribution in [0.25, 0.3) is 0 Å². The largest absolute Gasteiger partial charge is 0.315 e. The maximum atomic E-state index is 11.7.